The summed E-state index contributed by atoms with van der Waals surface area (Å²) in [6, 6.07) is 9.92. The van der Waals surface area contributed by atoms with E-state index in [4.69, 9.17) is 10.9 Å². The summed E-state index contributed by atoms with van der Waals surface area (Å²) in [4.78, 5) is 0. The topological polar surface area (TPSA) is 80.3 Å². The normalized spacial score (nSPS) is 16.4. The monoisotopic (exact) mass is 293 g/mol. The van der Waals surface area contributed by atoms with Gasteiger partial charge in [-0.25, -0.2) is 5.53 Å². The Morgan fingerprint density at radius 2 is 1.91 bits per heavy atom. The van der Waals surface area contributed by atoms with Crippen LogP contribution in [0.1, 0.15) is 40.3 Å². The van der Waals surface area contributed by atoms with Crippen LogP contribution in [0, 0.1) is 24.8 Å². The van der Waals surface area contributed by atoms with Crippen LogP contribution in [0.4, 0.5) is 0 Å². The van der Waals surface area contributed by atoms with Gasteiger partial charge in [0, 0.05) is 5.56 Å². The average Bonchev–Trinajstić information content (AvgIpc) is 2.88. The lowest BCUT2D eigenvalue weighted by atomic mass is 9.89. The second-order valence-electron chi connectivity index (χ2n) is 5.87. The highest BCUT2D eigenvalue weighted by atomic mass is 16.3. The van der Waals surface area contributed by atoms with Gasteiger partial charge in [0.1, 0.15) is 0 Å². The van der Waals surface area contributed by atoms with Crippen molar-refractivity contribution in [1.29, 1.82) is 10.9 Å². The molecule has 2 aromatic carbocycles. The van der Waals surface area contributed by atoms with E-state index in [0.29, 0.717) is 5.56 Å². The summed E-state index contributed by atoms with van der Waals surface area (Å²) in [5, 5.41) is 21.0. The molecular weight excluding hydrogens is 274 g/mol. The number of aliphatic hydroxyl groups excluding tert-OH is 1. The van der Waals surface area contributed by atoms with Crippen LogP contribution in [0.3, 0.4) is 0 Å². The van der Waals surface area contributed by atoms with Crippen molar-refractivity contribution >= 4 is 5.84 Å². The molecule has 0 saturated carbocycles. The van der Waals surface area contributed by atoms with Gasteiger partial charge >= 0.3 is 0 Å². The molecule has 0 aromatic heterocycles. The standard InChI is InChI=1S/C18H19N3O/c1-10-8-12(18(19)21-20)9-11(2)17(10)15-5-3-4-14-13(15)6-7-16(14)22/h3-5,8-9,16,19-20,22H,6-7H2,1-2H3/t16-/m0/s1. The van der Waals surface area contributed by atoms with Gasteiger partial charge in [-0.3, -0.25) is 5.41 Å². The molecule has 0 spiro atoms. The number of fused-ring (bicyclic) bond motifs is 1. The first-order valence-electron chi connectivity index (χ1n) is 7.40. The van der Waals surface area contributed by atoms with Crippen molar-refractivity contribution in [3.05, 3.63) is 58.1 Å². The minimum atomic E-state index is -0.356. The summed E-state index contributed by atoms with van der Waals surface area (Å²) in [5.74, 6) is -0.0218. The first-order chi connectivity index (χ1) is 10.5. The van der Waals surface area contributed by atoms with Crippen LogP contribution in [0.15, 0.2) is 35.4 Å². The van der Waals surface area contributed by atoms with Gasteiger partial charge in [-0.2, -0.15) is 0 Å². The Hall–Kier alpha value is -2.33. The fraction of sp³-hybridized carbons (Fsp3) is 0.278. The van der Waals surface area contributed by atoms with E-state index in [1.165, 1.54) is 11.1 Å². The van der Waals surface area contributed by atoms with E-state index in [1.807, 2.05) is 38.1 Å². The van der Waals surface area contributed by atoms with Crippen molar-refractivity contribution in [3.8, 4) is 11.1 Å². The molecule has 1 aliphatic rings. The van der Waals surface area contributed by atoms with Gasteiger partial charge in [0.25, 0.3) is 0 Å². The van der Waals surface area contributed by atoms with E-state index in [-0.39, 0.29) is 11.9 Å². The Bertz CT molecular complexity index is 757. The Labute approximate surface area is 129 Å². The van der Waals surface area contributed by atoms with Gasteiger partial charge in [-0.1, -0.05) is 18.2 Å². The maximum Gasteiger partial charge on any atom is 0.173 e. The molecular formula is C18H19N3O. The quantitative estimate of drug-likeness (QED) is 0.430. The number of benzene rings is 2. The maximum atomic E-state index is 10.1. The summed E-state index contributed by atoms with van der Waals surface area (Å²) in [6.07, 6.45) is 1.32. The zero-order valence-electron chi connectivity index (χ0n) is 12.8. The number of hydrogen-bond donors (Lipinski definition) is 3. The summed E-state index contributed by atoms with van der Waals surface area (Å²) >= 11 is 0. The summed E-state index contributed by atoms with van der Waals surface area (Å²) in [7, 11) is 0. The van der Waals surface area contributed by atoms with Gasteiger partial charge in [0.15, 0.2) is 5.84 Å². The Kier molecular flexibility index (Phi) is 3.62. The Balaban J connectivity index is 2.18. The minimum absolute atomic E-state index is 0.0218. The van der Waals surface area contributed by atoms with Crippen LogP contribution in [0.25, 0.3) is 11.1 Å². The molecule has 112 valence electrons. The number of rotatable bonds is 2. The van der Waals surface area contributed by atoms with E-state index < -0.39 is 0 Å². The first kappa shape index (κ1) is 14.6. The number of nitrogens with one attached hydrogen (secondary N) is 2. The SMILES string of the molecule is Cc1cc(C(=N)N=N)cc(C)c1-c1cccc2c1CC[C@@H]2O. The van der Waals surface area contributed by atoms with Crippen molar-refractivity contribution < 1.29 is 5.11 Å². The second-order valence-corrected chi connectivity index (χ2v) is 5.87. The molecule has 4 heteroatoms. The Morgan fingerprint density at radius 1 is 1.23 bits per heavy atom. The molecule has 4 nitrogen and oxygen atoms in total. The third kappa shape index (κ3) is 2.25. The lowest BCUT2D eigenvalue weighted by Crippen LogP contribution is -2.00. The molecule has 3 rings (SSSR count). The molecule has 0 heterocycles. The van der Waals surface area contributed by atoms with E-state index in [9.17, 15) is 5.11 Å². The predicted molar refractivity (Wildman–Crippen MR) is 86.6 cm³/mol. The molecule has 0 saturated heterocycles. The van der Waals surface area contributed by atoms with Crippen molar-refractivity contribution in [2.45, 2.75) is 32.8 Å². The summed E-state index contributed by atoms with van der Waals surface area (Å²) in [5.41, 5.74) is 14.4. The predicted octanol–water partition coefficient (Wildman–Crippen LogP) is 4.31. The highest BCUT2D eigenvalue weighted by Gasteiger charge is 2.24. The molecule has 1 atom stereocenters. The Morgan fingerprint density at radius 3 is 2.55 bits per heavy atom. The molecule has 0 amide bonds. The fourth-order valence-electron chi connectivity index (χ4n) is 3.46. The molecule has 0 bridgehead atoms. The molecule has 1 aliphatic carbocycles. The van der Waals surface area contributed by atoms with E-state index in [0.717, 1.165) is 35.1 Å². The largest absolute Gasteiger partial charge is 0.388 e. The maximum absolute atomic E-state index is 10.1. The van der Waals surface area contributed by atoms with Gasteiger partial charge in [0.2, 0.25) is 0 Å². The van der Waals surface area contributed by atoms with Crippen LogP contribution in [0.5, 0.6) is 0 Å². The van der Waals surface area contributed by atoms with Gasteiger partial charge < -0.3 is 5.11 Å². The smallest absolute Gasteiger partial charge is 0.173 e. The fourth-order valence-corrected chi connectivity index (χ4v) is 3.46. The number of hydrogen-bond acceptors (Lipinski definition) is 3. The lowest BCUT2D eigenvalue weighted by molar-refractivity contribution is 0.180. The van der Waals surface area contributed by atoms with Crippen LogP contribution < -0.4 is 0 Å². The van der Waals surface area contributed by atoms with E-state index in [1.54, 1.807) is 0 Å². The zero-order valence-corrected chi connectivity index (χ0v) is 12.8. The molecule has 0 aliphatic heterocycles. The van der Waals surface area contributed by atoms with Crippen LogP contribution in [-0.2, 0) is 6.42 Å². The molecule has 3 N–H and O–H groups in total. The van der Waals surface area contributed by atoms with Gasteiger partial charge in [-0.15, -0.1) is 5.11 Å². The van der Waals surface area contributed by atoms with Crippen molar-refractivity contribution in [2.24, 2.45) is 5.11 Å². The number of aryl methyl sites for hydroxylation is 2. The van der Waals surface area contributed by atoms with Crippen LogP contribution >= 0.6 is 0 Å². The second kappa shape index (κ2) is 5.46. The van der Waals surface area contributed by atoms with Crippen LogP contribution in [-0.4, -0.2) is 10.9 Å². The molecule has 0 radical (unpaired) electrons. The molecule has 0 unspecified atom stereocenters. The molecule has 2 aromatic rings. The van der Waals surface area contributed by atoms with Crippen molar-refractivity contribution in [2.75, 3.05) is 0 Å². The van der Waals surface area contributed by atoms with Gasteiger partial charge in [0.05, 0.1) is 6.10 Å². The third-order valence-corrected chi connectivity index (χ3v) is 4.43. The first-order valence-corrected chi connectivity index (χ1v) is 7.40. The van der Waals surface area contributed by atoms with Crippen LogP contribution in [0.2, 0.25) is 0 Å². The summed E-state index contributed by atoms with van der Waals surface area (Å²) < 4.78 is 0. The minimum Gasteiger partial charge on any atom is -0.388 e. The lowest BCUT2D eigenvalue weighted by Gasteiger charge is -2.16. The highest BCUT2D eigenvalue weighted by Crippen LogP contribution is 2.39. The van der Waals surface area contributed by atoms with E-state index >= 15 is 0 Å². The van der Waals surface area contributed by atoms with Crippen molar-refractivity contribution in [1.82, 2.24) is 0 Å². The third-order valence-electron chi connectivity index (χ3n) is 4.43. The average molecular weight is 293 g/mol. The zero-order chi connectivity index (χ0) is 15.9. The number of nitrogens with zero attached hydrogens (tertiary/aromatic N) is 1. The summed E-state index contributed by atoms with van der Waals surface area (Å²) in [6.45, 7) is 4.04. The highest BCUT2D eigenvalue weighted by molar-refractivity contribution is 5.97. The van der Waals surface area contributed by atoms with E-state index in [2.05, 4.69) is 11.2 Å². The van der Waals surface area contributed by atoms with Crippen molar-refractivity contribution in [3.63, 3.8) is 0 Å². The number of aliphatic hydroxyl groups is 1. The van der Waals surface area contributed by atoms with Gasteiger partial charge in [-0.05, 0) is 72.2 Å². The number of amidine groups is 1. The molecule has 0 fully saturated rings. The molecule has 22 heavy (non-hydrogen) atoms.